The third-order valence-electron chi connectivity index (χ3n) is 4.51. The largest absolute Gasteiger partial charge is 0.573 e. The highest BCUT2D eigenvalue weighted by molar-refractivity contribution is 6.30. The zero-order valence-corrected chi connectivity index (χ0v) is 14.1. The van der Waals surface area contributed by atoms with Gasteiger partial charge in [0.1, 0.15) is 16.8 Å². The quantitative estimate of drug-likeness (QED) is 0.848. The zero-order valence-electron chi connectivity index (χ0n) is 13.3. The fourth-order valence-electron chi connectivity index (χ4n) is 3.12. The molecule has 8 heteroatoms. The standard InChI is InChI=1S/C18H14ClF3N2O2/c19-14-3-1-2-13(8-14)17(25,16(9-23)10-24-11-16)12-4-6-15(7-5-12)26-18(20,21)22/h1-8,24-25H,10-11H2. The Labute approximate surface area is 152 Å². The molecule has 1 atom stereocenters. The Bertz CT molecular complexity index is 845. The maximum absolute atomic E-state index is 12.4. The SMILES string of the molecule is N#CC1(C(O)(c2ccc(OC(F)(F)F)cc2)c2cccc(Cl)c2)CNC1. The van der Waals surface area contributed by atoms with Crippen LogP contribution in [0, 0.1) is 16.7 Å². The summed E-state index contributed by atoms with van der Waals surface area (Å²) in [7, 11) is 0. The number of halogens is 4. The van der Waals surface area contributed by atoms with Gasteiger partial charge in [0.15, 0.2) is 0 Å². The van der Waals surface area contributed by atoms with Crippen LogP contribution in [-0.2, 0) is 5.60 Å². The molecule has 1 fully saturated rings. The highest BCUT2D eigenvalue weighted by Gasteiger charge is 2.57. The number of nitriles is 1. The van der Waals surface area contributed by atoms with Crippen molar-refractivity contribution in [1.29, 1.82) is 5.26 Å². The van der Waals surface area contributed by atoms with Crippen LogP contribution in [0.15, 0.2) is 48.5 Å². The lowest BCUT2D eigenvalue weighted by Crippen LogP contribution is -2.64. The van der Waals surface area contributed by atoms with Gasteiger partial charge in [-0.15, -0.1) is 13.2 Å². The molecule has 2 N–H and O–H groups in total. The minimum Gasteiger partial charge on any atom is -0.406 e. The molecule has 0 saturated carbocycles. The molecule has 3 rings (SSSR count). The molecule has 0 bridgehead atoms. The molecule has 1 heterocycles. The van der Waals surface area contributed by atoms with E-state index in [1.54, 1.807) is 24.3 Å². The average molecular weight is 383 g/mol. The van der Waals surface area contributed by atoms with Crippen LogP contribution in [-0.4, -0.2) is 24.6 Å². The minimum absolute atomic E-state index is 0.229. The molecule has 2 aromatic carbocycles. The summed E-state index contributed by atoms with van der Waals surface area (Å²) in [4.78, 5) is 0. The van der Waals surface area contributed by atoms with E-state index in [1.807, 2.05) is 0 Å². The predicted molar refractivity (Wildman–Crippen MR) is 88.5 cm³/mol. The van der Waals surface area contributed by atoms with Gasteiger partial charge in [0.05, 0.1) is 6.07 Å². The summed E-state index contributed by atoms with van der Waals surface area (Å²) < 4.78 is 40.9. The smallest absolute Gasteiger partial charge is 0.406 e. The normalized spacial score (nSPS) is 18.3. The Morgan fingerprint density at radius 3 is 2.23 bits per heavy atom. The van der Waals surface area contributed by atoms with Gasteiger partial charge in [-0.2, -0.15) is 5.26 Å². The van der Waals surface area contributed by atoms with E-state index in [1.165, 1.54) is 12.1 Å². The van der Waals surface area contributed by atoms with Crippen LogP contribution in [0.1, 0.15) is 11.1 Å². The van der Waals surface area contributed by atoms with E-state index in [-0.39, 0.29) is 18.7 Å². The topological polar surface area (TPSA) is 65.3 Å². The Morgan fingerprint density at radius 1 is 1.12 bits per heavy atom. The minimum atomic E-state index is -4.81. The van der Waals surface area contributed by atoms with Crippen molar-refractivity contribution in [3.05, 3.63) is 64.7 Å². The first-order chi connectivity index (χ1) is 12.2. The first kappa shape index (κ1) is 18.5. The van der Waals surface area contributed by atoms with Crippen molar-refractivity contribution in [3.8, 4) is 11.8 Å². The second kappa shape index (κ2) is 6.47. The molecule has 0 aromatic heterocycles. The van der Waals surface area contributed by atoms with E-state index in [9.17, 15) is 23.5 Å². The van der Waals surface area contributed by atoms with Crippen LogP contribution in [0.4, 0.5) is 13.2 Å². The van der Waals surface area contributed by atoms with Gasteiger partial charge >= 0.3 is 6.36 Å². The first-order valence-corrected chi connectivity index (χ1v) is 8.05. The van der Waals surface area contributed by atoms with Gasteiger partial charge in [0, 0.05) is 18.1 Å². The summed E-state index contributed by atoms with van der Waals surface area (Å²) in [6.07, 6.45) is -4.81. The molecule has 0 radical (unpaired) electrons. The summed E-state index contributed by atoms with van der Waals surface area (Å²) >= 11 is 6.04. The van der Waals surface area contributed by atoms with Gasteiger partial charge < -0.3 is 15.2 Å². The molecular weight excluding hydrogens is 369 g/mol. The van der Waals surface area contributed by atoms with Crippen molar-refractivity contribution in [2.75, 3.05) is 13.1 Å². The number of rotatable bonds is 4. The molecule has 1 aliphatic heterocycles. The molecule has 26 heavy (non-hydrogen) atoms. The molecule has 1 saturated heterocycles. The van der Waals surface area contributed by atoms with E-state index in [4.69, 9.17) is 11.6 Å². The number of hydrogen-bond donors (Lipinski definition) is 2. The van der Waals surface area contributed by atoms with Crippen molar-refractivity contribution < 1.29 is 23.0 Å². The number of alkyl halides is 3. The Balaban J connectivity index is 2.09. The zero-order chi connectivity index (χ0) is 19.0. The molecule has 1 unspecified atom stereocenters. The van der Waals surface area contributed by atoms with Gasteiger partial charge in [-0.3, -0.25) is 0 Å². The maximum atomic E-state index is 12.4. The van der Waals surface area contributed by atoms with E-state index in [0.29, 0.717) is 10.6 Å². The number of nitrogens with zero attached hydrogens (tertiary/aromatic N) is 1. The average Bonchev–Trinajstić information content (AvgIpc) is 2.53. The summed E-state index contributed by atoms with van der Waals surface area (Å²) in [5.41, 5.74) is -2.27. The van der Waals surface area contributed by atoms with Crippen LogP contribution in [0.5, 0.6) is 5.75 Å². The Morgan fingerprint density at radius 2 is 1.77 bits per heavy atom. The summed E-state index contributed by atoms with van der Waals surface area (Å²) in [5.74, 6) is -0.410. The Hall–Kier alpha value is -2.27. The van der Waals surface area contributed by atoms with Crippen LogP contribution in [0.3, 0.4) is 0 Å². The highest BCUT2D eigenvalue weighted by atomic mass is 35.5. The molecule has 0 spiro atoms. The van der Waals surface area contributed by atoms with Gasteiger partial charge in [-0.25, -0.2) is 0 Å². The number of hydrogen-bond acceptors (Lipinski definition) is 4. The van der Waals surface area contributed by atoms with Crippen molar-refractivity contribution in [3.63, 3.8) is 0 Å². The Kier molecular flexibility index (Phi) is 4.61. The van der Waals surface area contributed by atoms with Crippen molar-refractivity contribution in [2.24, 2.45) is 5.41 Å². The molecular formula is C18H14ClF3N2O2. The van der Waals surface area contributed by atoms with E-state index >= 15 is 0 Å². The van der Waals surface area contributed by atoms with Crippen LogP contribution >= 0.6 is 11.6 Å². The fraction of sp³-hybridized carbons (Fsp3) is 0.278. The molecule has 1 aliphatic rings. The van der Waals surface area contributed by atoms with Gasteiger partial charge in [-0.05, 0) is 35.4 Å². The highest BCUT2D eigenvalue weighted by Crippen LogP contribution is 2.48. The monoisotopic (exact) mass is 382 g/mol. The van der Waals surface area contributed by atoms with E-state index < -0.39 is 23.1 Å². The molecule has 136 valence electrons. The fourth-order valence-corrected chi connectivity index (χ4v) is 3.31. The van der Waals surface area contributed by atoms with Crippen LogP contribution < -0.4 is 10.1 Å². The van der Waals surface area contributed by atoms with Crippen molar-refractivity contribution in [2.45, 2.75) is 12.0 Å². The summed E-state index contributed by atoms with van der Waals surface area (Å²) in [6, 6.07) is 13.4. The molecule has 0 aliphatic carbocycles. The third-order valence-corrected chi connectivity index (χ3v) is 4.74. The lowest BCUT2D eigenvalue weighted by atomic mass is 9.62. The van der Waals surface area contributed by atoms with Crippen LogP contribution in [0.25, 0.3) is 0 Å². The van der Waals surface area contributed by atoms with Gasteiger partial charge in [-0.1, -0.05) is 35.9 Å². The van der Waals surface area contributed by atoms with Gasteiger partial charge in [0.2, 0.25) is 0 Å². The predicted octanol–water partition coefficient (Wildman–Crippen LogP) is 3.59. The third kappa shape index (κ3) is 3.12. The van der Waals surface area contributed by atoms with Crippen molar-refractivity contribution >= 4 is 11.6 Å². The number of benzene rings is 2. The number of aliphatic hydroxyl groups is 1. The molecule has 4 nitrogen and oxygen atoms in total. The molecule has 0 amide bonds. The second-order valence-corrected chi connectivity index (χ2v) is 6.53. The first-order valence-electron chi connectivity index (χ1n) is 7.67. The summed E-state index contributed by atoms with van der Waals surface area (Å²) in [6.45, 7) is 0.459. The van der Waals surface area contributed by atoms with E-state index in [2.05, 4.69) is 16.1 Å². The van der Waals surface area contributed by atoms with Crippen LogP contribution in [0.2, 0.25) is 5.02 Å². The lowest BCUT2D eigenvalue weighted by Gasteiger charge is -2.49. The second-order valence-electron chi connectivity index (χ2n) is 6.09. The van der Waals surface area contributed by atoms with Gasteiger partial charge in [0.25, 0.3) is 0 Å². The maximum Gasteiger partial charge on any atom is 0.573 e. The lowest BCUT2D eigenvalue weighted by molar-refractivity contribution is -0.274. The van der Waals surface area contributed by atoms with E-state index in [0.717, 1.165) is 12.1 Å². The molecule has 2 aromatic rings. The van der Waals surface area contributed by atoms with Crippen molar-refractivity contribution in [1.82, 2.24) is 5.32 Å². The number of nitrogens with one attached hydrogen (secondary N) is 1. The summed E-state index contributed by atoms with van der Waals surface area (Å²) in [5, 5.41) is 24.6. The number of ether oxygens (including phenoxy) is 1.